The number of benzene rings is 3. The van der Waals surface area contributed by atoms with Crippen LogP contribution in [0.25, 0.3) is 0 Å². The van der Waals surface area contributed by atoms with Crippen LogP contribution in [0.2, 0.25) is 0 Å². The Kier molecular flexibility index (Phi) is 10.4. The zero-order chi connectivity index (χ0) is 29.2. The van der Waals surface area contributed by atoms with Gasteiger partial charge in [-0.25, -0.2) is 4.79 Å². The van der Waals surface area contributed by atoms with Gasteiger partial charge in [0.2, 0.25) is 11.8 Å². The lowest BCUT2D eigenvalue weighted by Crippen LogP contribution is -2.69. The molecule has 0 aliphatic carbocycles. The zero-order valence-electron chi connectivity index (χ0n) is 22.3. The standard InChI is InChI=1S/C29H31N3O7S2/c1-20-12-14-23(15-13-20)41(36,37)39-16-17-40-28-25(27(34)32-28)31-26(33)24(18-21-8-4-2-5-9-21)30-29(35)38-19-22-10-6-3-7-11-22/h2-15,24-25,28H,16-19H2,1H3,(H,30,35)(H,31,33)(H,32,34)/t24-,25+,28+/m0/s1. The van der Waals surface area contributed by atoms with Gasteiger partial charge in [-0.3, -0.25) is 13.8 Å². The van der Waals surface area contributed by atoms with Gasteiger partial charge >= 0.3 is 6.09 Å². The van der Waals surface area contributed by atoms with Gasteiger partial charge in [0, 0.05) is 12.2 Å². The van der Waals surface area contributed by atoms with Crippen LogP contribution in [-0.4, -0.2) is 56.1 Å². The molecular formula is C29H31N3O7S2. The maximum absolute atomic E-state index is 13.2. The molecule has 1 aliphatic rings. The number of aryl methyl sites for hydroxylation is 1. The van der Waals surface area contributed by atoms with E-state index < -0.39 is 39.6 Å². The topological polar surface area (TPSA) is 140 Å². The molecule has 41 heavy (non-hydrogen) atoms. The maximum atomic E-state index is 13.2. The molecule has 10 nitrogen and oxygen atoms in total. The van der Waals surface area contributed by atoms with Crippen LogP contribution < -0.4 is 16.0 Å². The van der Waals surface area contributed by atoms with Crippen molar-refractivity contribution in [1.82, 2.24) is 16.0 Å². The molecule has 3 aromatic rings. The van der Waals surface area contributed by atoms with Gasteiger partial charge in [0.1, 0.15) is 24.1 Å². The number of ether oxygens (including phenoxy) is 1. The molecule has 0 spiro atoms. The minimum atomic E-state index is -3.90. The van der Waals surface area contributed by atoms with Crippen LogP contribution in [0.3, 0.4) is 0 Å². The van der Waals surface area contributed by atoms with Crippen molar-refractivity contribution in [2.45, 2.75) is 42.3 Å². The van der Waals surface area contributed by atoms with Crippen LogP contribution in [0, 0.1) is 6.92 Å². The van der Waals surface area contributed by atoms with Gasteiger partial charge < -0.3 is 20.7 Å². The SMILES string of the molecule is Cc1ccc(S(=O)(=O)OCCS[C@H]2NC(=O)[C@H]2NC(=O)[C@H](Cc2ccccc2)NC(=O)OCc2ccccc2)cc1. The Morgan fingerprint density at radius 1 is 0.951 bits per heavy atom. The van der Waals surface area contributed by atoms with Crippen molar-refractivity contribution in [3.63, 3.8) is 0 Å². The summed E-state index contributed by atoms with van der Waals surface area (Å²) in [6.07, 6.45) is -0.579. The van der Waals surface area contributed by atoms with E-state index in [1.807, 2.05) is 67.6 Å². The first kappa shape index (κ1) is 30.1. The van der Waals surface area contributed by atoms with Crippen LogP contribution in [0.1, 0.15) is 16.7 Å². The second-order valence-corrected chi connectivity index (χ2v) is 12.2. The first-order chi connectivity index (χ1) is 19.7. The molecule has 3 aromatic carbocycles. The van der Waals surface area contributed by atoms with Crippen LogP contribution in [0.5, 0.6) is 0 Å². The van der Waals surface area contributed by atoms with E-state index >= 15 is 0 Å². The summed E-state index contributed by atoms with van der Waals surface area (Å²) in [6.45, 7) is 1.78. The molecule has 216 valence electrons. The third-order valence-electron chi connectivity index (χ3n) is 6.20. The average Bonchev–Trinajstić information content (AvgIpc) is 2.97. The summed E-state index contributed by atoms with van der Waals surface area (Å²) in [5.41, 5.74) is 2.54. The van der Waals surface area contributed by atoms with Crippen LogP contribution in [0.4, 0.5) is 4.79 Å². The molecular weight excluding hydrogens is 566 g/mol. The van der Waals surface area contributed by atoms with Crippen molar-refractivity contribution in [3.8, 4) is 0 Å². The van der Waals surface area contributed by atoms with Gasteiger partial charge in [0.05, 0.1) is 11.5 Å². The number of hydrogen-bond donors (Lipinski definition) is 3. The molecule has 3 N–H and O–H groups in total. The van der Waals surface area contributed by atoms with Crippen LogP contribution in [0.15, 0.2) is 89.8 Å². The third kappa shape index (κ3) is 8.81. The van der Waals surface area contributed by atoms with E-state index in [2.05, 4.69) is 16.0 Å². The summed E-state index contributed by atoms with van der Waals surface area (Å²) in [6, 6.07) is 22.8. The molecule has 0 unspecified atom stereocenters. The summed E-state index contributed by atoms with van der Waals surface area (Å²) in [5.74, 6) is -0.678. The molecule has 3 atom stereocenters. The number of thioether (sulfide) groups is 1. The number of alkyl carbamates (subject to hydrolysis) is 1. The molecule has 1 heterocycles. The molecule has 12 heteroatoms. The molecule has 0 aromatic heterocycles. The fourth-order valence-corrected chi connectivity index (χ4v) is 5.98. The van der Waals surface area contributed by atoms with Crippen molar-refractivity contribution >= 4 is 39.8 Å². The van der Waals surface area contributed by atoms with E-state index in [0.29, 0.717) is 0 Å². The minimum absolute atomic E-state index is 0.0395. The van der Waals surface area contributed by atoms with E-state index in [4.69, 9.17) is 8.92 Å². The Bertz CT molecular complexity index is 1440. The molecule has 0 bridgehead atoms. The smallest absolute Gasteiger partial charge is 0.408 e. The predicted octanol–water partition coefficient (Wildman–Crippen LogP) is 2.91. The fourth-order valence-electron chi connectivity index (χ4n) is 3.95. The normalized spacial score (nSPS) is 17.0. The molecule has 1 fully saturated rings. The second kappa shape index (κ2) is 14.2. The van der Waals surface area contributed by atoms with Gasteiger partial charge in [0.25, 0.3) is 10.1 Å². The van der Waals surface area contributed by atoms with E-state index in [1.54, 1.807) is 12.1 Å². The van der Waals surface area contributed by atoms with Gasteiger partial charge in [0.15, 0.2) is 0 Å². The van der Waals surface area contributed by atoms with Crippen molar-refractivity contribution < 1.29 is 31.7 Å². The second-order valence-electron chi connectivity index (χ2n) is 9.32. The number of nitrogens with one attached hydrogen (secondary N) is 3. The fraction of sp³-hybridized carbons (Fsp3) is 0.276. The highest BCUT2D eigenvalue weighted by atomic mass is 32.2. The highest BCUT2D eigenvalue weighted by molar-refractivity contribution is 8.00. The van der Waals surface area contributed by atoms with E-state index in [-0.39, 0.29) is 36.2 Å². The Labute approximate surface area is 243 Å². The van der Waals surface area contributed by atoms with Crippen LogP contribution in [-0.2, 0) is 41.7 Å². The number of β-lactam (4-membered cyclic amide) rings is 1. The van der Waals surface area contributed by atoms with Crippen molar-refractivity contribution in [2.24, 2.45) is 0 Å². The maximum Gasteiger partial charge on any atom is 0.408 e. The summed E-state index contributed by atoms with van der Waals surface area (Å²) in [5, 5.41) is 7.52. The number of carbonyl (C=O) groups excluding carboxylic acids is 3. The third-order valence-corrected chi connectivity index (χ3v) is 8.68. The Morgan fingerprint density at radius 3 is 2.22 bits per heavy atom. The molecule has 3 amide bonds. The summed E-state index contributed by atoms with van der Waals surface area (Å²) in [4.78, 5) is 38.1. The van der Waals surface area contributed by atoms with Crippen molar-refractivity contribution in [3.05, 3.63) is 102 Å². The Hall–Kier alpha value is -3.87. The lowest BCUT2D eigenvalue weighted by molar-refractivity contribution is -0.134. The van der Waals surface area contributed by atoms with Crippen molar-refractivity contribution in [1.29, 1.82) is 0 Å². The Morgan fingerprint density at radius 2 is 1.59 bits per heavy atom. The van der Waals surface area contributed by atoms with Gasteiger partial charge in [-0.2, -0.15) is 8.42 Å². The lowest BCUT2D eigenvalue weighted by atomic mass is 10.0. The highest BCUT2D eigenvalue weighted by Gasteiger charge is 2.41. The van der Waals surface area contributed by atoms with Crippen LogP contribution >= 0.6 is 11.8 Å². The Balaban J connectivity index is 1.30. The first-order valence-electron chi connectivity index (χ1n) is 12.9. The van der Waals surface area contributed by atoms with Gasteiger partial charge in [-0.1, -0.05) is 78.4 Å². The van der Waals surface area contributed by atoms with Gasteiger partial charge in [-0.05, 0) is 30.2 Å². The molecule has 1 aliphatic heterocycles. The predicted molar refractivity (Wildman–Crippen MR) is 154 cm³/mol. The quantitative estimate of drug-likeness (QED) is 0.155. The first-order valence-corrected chi connectivity index (χ1v) is 15.4. The molecule has 1 saturated heterocycles. The van der Waals surface area contributed by atoms with E-state index in [9.17, 15) is 22.8 Å². The van der Waals surface area contributed by atoms with Gasteiger partial charge in [-0.15, -0.1) is 11.8 Å². The number of amides is 3. The monoisotopic (exact) mass is 597 g/mol. The molecule has 0 saturated carbocycles. The number of rotatable bonds is 13. The van der Waals surface area contributed by atoms with Crippen molar-refractivity contribution in [2.75, 3.05) is 12.4 Å². The number of carbonyl (C=O) groups is 3. The summed E-state index contributed by atoms with van der Waals surface area (Å²) >= 11 is 1.24. The number of hydrogen-bond acceptors (Lipinski definition) is 8. The molecule has 4 rings (SSSR count). The zero-order valence-corrected chi connectivity index (χ0v) is 24.0. The largest absolute Gasteiger partial charge is 0.445 e. The summed E-state index contributed by atoms with van der Waals surface area (Å²) in [7, 11) is -3.90. The van der Waals surface area contributed by atoms with E-state index in [1.165, 1.54) is 23.9 Å². The highest BCUT2D eigenvalue weighted by Crippen LogP contribution is 2.21. The van der Waals surface area contributed by atoms with E-state index in [0.717, 1.165) is 16.7 Å². The minimum Gasteiger partial charge on any atom is -0.445 e. The molecule has 0 radical (unpaired) electrons. The average molecular weight is 598 g/mol. The lowest BCUT2D eigenvalue weighted by Gasteiger charge is -2.37. The summed E-state index contributed by atoms with van der Waals surface area (Å²) < 4.78 is 35.1.